The third-order valence-electron chi connectivity index (χ3n) is 3.86. The number of aryl methyl sites for hydroxylation is 2. The zero-order chi connectivity index (χ0) is 17.1. The Morgan fingerprint density at radius 2 is 2.17 bits per heavy atom. The summed E-state index contributed by atoms with van der Waals surface area (Å²) in [6.45, 7) is 4.98. The summed E-state index contributed by atoms with van der Waals surface area (Å²) >= 11 is 0. The first-order valence-corrected chi connectivity index (χ1v) is 7.91. The Hall–Kier alpha value is -2.89. The van der Waals surface area contributed by atoms with Gasteiger partial charge in [-0.1, -0.05) is 13.0 Å². The molecule has 0 radical (unpaired) electrons. The molecule has 0 fully saturated rings. The van der Waals surface area contributed by atoms with Crippen molar-refractivity contribution in [2.75, 3.05) is 6.54 Å². The van der Waals surface area contributed by atoms with Gasteiger partial charge in [0, 0.05) is 38.0 Å². The number of carbonyl (C=O) groups excluding carboxylic acids is 1. The van der Waals surface area contributed by atoms with E-state index >= 15 is 0 Å². The van der Waals surface area contributed by atoms with Gasteiger partial charge in [-0.2, -0.15) is 0 Å². The van der Waals surface area contributed by atoms with Gasteiger partial charge in [0.2, 0.25) is 0 Å². The number of fused-ring (bicyclic) bond motifs is 1. The van der Waals surface area contributed by atoms with E-state index in [2.05, 4.69) is 10.3 Å². The van der Waals surface area contributed by atoms with E-state index in [4.69, 9.17) is 4.42 Å². The Labute approximate surface area is 139 Å². The predicted molar refractivity (Wildman–Crippen MR) is 91.2 cm³/mol. The molecule has 1 amide bonds. The van der Waals surface area contributed by atoms with Crippen molar-refractivity contribution in [3.63, 3.8) is 0 Å². The minimum atomic E-state index is -0.395. The fourth-order valence-corrected chi connectivity index (χ4v) is 2.61. The molecule has 0 atom stereocenters. The number of imidazole rings is 1. The van der Waals surface area contributed by atoms with Gasteiger partial charge >= 0.3 is 0 Å². The Kier molecular flexibility index (Phi) is 4.46. The van der Waals surface area contributed by atoms with Crippen molar-refractivity contribution in [1.82, 2.24) is 14.9 Å². The Morgan fingerprint density at radius 3 is 2.96 bits per heavy atom. The number of benzene rings is 1. The number of nitrogens with one attached hydrogen (secondary N) is 1. The molecule has 1 aromatic carbocycles. The van der Waals surface area contributed by atoms with Crippen LogP contribution in [0.2, 0.25) is 0 Å². The molecule has 0 saturated carbocycles. The van der Waals surface area contributed by atoms with Crippen LogP contribution in [-0.4, -0.2) is 22.0 Å². The van der Waals surface area contributed by atoms with Crippen molar-refractivity contribution in [2.24, 2.45) is 0 Å². The standard InChI is InChI=1S/C18H19N3O3/c1-3-17-19-6-8-21(17)9-7-20-18(23)16-11-14(22)13-5-4-12(2)10-15(13)24-16/h4-6,8,10-11H,3,7,9H2,1-2H3,(H,20,23). The van der Waals surface area contributed by atoms with Gasteiger partial charge in [-0.15, -0.1) is 0 Å². The van der Waals surface area contributed by atoms with Crippen LogP contribution >= 0.6 is 0 Å². The second-order valence-corrected chi connectivity index (χ2v) is 5.62. The van der Waals surface area contributed by atoms with Gasteiger partial charge < -0.3 is 14.3 Å². The van der Waals surface area contributed by atoms with Gasteiger partial charge in [-0.25, -0.2) is 4.98 Å². The van der Waals surface area contributed by atoms with Gasteiger partial charge in [-0.05, 0) is 24.6 Å². The highest BCUT2D eigenvalue weighted by atomic mass is 16.3. The fraction of sp³-hybridized carbons (Fsp3) is 0.278. The van der Waals surface area contributed by atoms with Crippen LogP contribution in [-0.2, 0) is 13.0 Å². The summed E-state index contributed by atoms with van der Waals surface area (Å²) < 4.78 is 7.57. The molecule has 2 heterocycles. The molecule has 3 rings (SSSR count). The Balaban J connectivity index is 1.73. The molecule has 0 aliphatic carbocycles. The van der Waals surface area contributed by atoms with Crippen LogP contribution in [0, 0.1) is 6.92 Å². The van der Waals surface area contributed by atoms with Crippen LogP contribution in [0.4, 0.5) is 0 Å². The summed E-state index contributed by atoms with van der Waals surface area (Å²) in [5.41, 5.74) is 1.18. The molecule has 0 aliphatic heterocycles. The second-order valence-electron chi connectivity index (χ2n) is 5.62. The van der Waals surface area contributed by atoms with Crippen molar-refractivity contribution >= 4 is 16.9 Å². The summed E-state index contributed by atoms with van der Waals surface area (Å²) in [5.74, 6) is 0.602. The van der Waals surface area contributed by atoms with Gasteiger partial charge in [0.25, 0.3) is 5.91 Å². The first-order chi connectivity index (χ1) is 11.6. The molecule has 6 heteroatoms. The van der Waals surface area contributed by atoms with Crippen molar-refractivity contribution in [1.29, 1.82) is 0 Å². The Bertz CT molecular complexity index is 940. The Morgan fingerprint density at radius 1 is 1.33 bits per heavy atom. The maximum absolute atomic E-state index is 12.2. The fourth-order valence-electron chi connectivity index (χ4n) is 2.61. The van der Waals surface area contributed by atoms with Crippen molar-refractivity contribution in [3.8, 4) is 0 Å². The molecule has 0 bridgehead atoms. The van der Waals surface area contributed by atoms with E-state index in [0.29, 0.717) is 24.1 Å². The molecule has 0 spiro atoms. The van der Waals surface area contributed by atoms with Crippen LogP contribution in [0.5, 0.6) is 0 Å². The SMILES string of the molecule is CCc1nccn1CCNC(=O)c1cc(=O)c2ccc(C)cc2o1. The topological polar surface area (TPSA) is 77.1 Å². The lowest BCUT2D eigenvalue weighted by molar-refractivity contribution is 0.0925. The van der Waals surface area contributed by atoms with Crippen LogP contribution in [0.15, 0.2) is 45.9 Å². The normalized spacial score (nSPS) is 10.9. The third kappa shape index (κ3) is 3.22. The summed E-state index contributed by atoms with van der Waals surface area (Å²) in [7, 11) is 0. The van der Waals surface area contributed by atoms with Gasteiger partial charge in [0.05, 0.1) is 5.39 Å². The minimum absolute atomic E-state index is 0.0273. The van der Waals surface area contributed by atoms with Gasteiger partial charge in [0.15, 0.2) is 11.2 Å². The molecule has 3 aromatic rings. The molecule has 0 aliphatic rings. The molecular weight excluding hydrogens is 306 g/mol. The molecular formula is C18H19N3O3. The van der Waals surface area contributed by atoms with Crippen LogP contribution in [0.25, 0.3) is 11.0 Å². The zero-order valence-corrected chi connectivity index (χ0v) is 13.7. The minimum Gasteiger partial charge on any atom is -0.451 e. The van der Waals surface area contributed by atoms with Crippen molar-refractivity contribution in [3.05, 3.63) is 64.0 Å². The van der Waals surface area contributed by atoms with E-state index in [1.54, 1.807) is 18.3 Å². The summed E-state index contributed by atoms with van der Waals surface area (Å²) in [6, 6.07) is 6.55. The number of hydrogen-bond donors (Lipinski definition) is 1. The van der Waals surface area contributed by atoms with E-state index in [1.807, 2.05) is 30.7 Å². The zero-order valence-electron chi connectivity index (χ0n) is 13.7. The maximum Gasteiger partial charge on any atom is 0.287 e. The largest absolute Gasteiger partial charge is 0.451 e. The lowest BCUT2D eigenvalue weighted by atomic mass is 10.1. The molecule has 0 unspecified atom stereocenters. The summed E-state index contributed by atoms with van der Waals surface area (Å²) in [5, 5.41) is 3.25. The molecule has 24 heavy (non-hydrogen) atoms. The lowest BCUT2D eigenvalue weighted by Gasteiger charge is -2.08. The van der Waals surface area contributed by atoms with Crippen LogP contribution in [0.1, 0.15) is 28.9 Å². The first-order valence-electron chi connectivity index (χ1n) is 7.91. The van der Waals surface area contributed by atoms with Crippen molar-refractivity contribution in [2.45, 2.75) is 26.8 Å². The average Bonchev–Trinajstić information content (AvgIpc) is 3.01. The number of carbonyl (C=O) groups is 1. The van der Waals surface area contributed by atoms with Gasteiger partial charge in [-0.3, -0.25) is 9.59 Å². The van der Waals surface area contributed by atoms with E-state index in [0.717, 1.165) is 17.8 Å². The highest BCUT2D eigenvalue weighted by Crippen LogP contribution is 2.14. The van der Waals surface area contributed by atoms with E-state index < -0.39 is 5.91 Å². The smallest absolute Gasteiger partial charge is 0.287 e. The quantitative estimate of drug-likeness (QED) is 0.781. The van der Waals surface area contributed by atoms with E-state index in [9.17, 15) is 9.59 Å². The third-order valence-corrected chi connectivity index (χ3v) is 3.86. The molecule has 124 valence electrons. The van der Waals surface area contributed by atoms with Crippen LogP contribution in [0.3, 0.4) is 0 Å². The van der Waals surface area contributed by atoms with Crippen molar-refractivity contribution < 1.29 is 9.21 Å². The number of rotatable bonds is 5. The van der Waals surface area contributed by atoms with E-state index in [-0.39, 0.29) is 11.2 Å². The molecule has 6 nitrogen and oxygen atoms in total. The predicted octanol–water partition coefficient (Wildman–Crippen LogP) is 2.29. The highest BCUT2D eigenvalue weighted by molar-refractivity contribution is 5.93. The maximum atomic E-state index is 12.2. The number of hydrogen-bond acceptors (Lipinski definition) is 4. The molecule has 1 N–H and O–H groups in total. The van der Waals surface area contributed by atoms with Gasteiger partial charge in [0.1, 0.15) is 11.4 Å². The molecule has 2 aromatic heterocycles. The van der Waals surface area contributed by atoms with E-state index in [1.165, 1.54) is 6.07 Å². The summed E-state index contributed by atoms with van der Waals surface area (Å²) in [6.07, 6.45) is 4.45. The lowest BCUT2D eigenvalue weighted by Crippen LogP contribution is -2.28. The summed E-state index contributed by atoms with van der Waals surface area (Å²) in [4.78, 5) is 28.6. The number of aromatic nitrogens is 2. The average molecular weight is 325 g/mol. The molecule has 0 saturated heterocycles. The monoisotopic (exact) mass is 325 g/mol. The highest BCUT2D eigenvalue weighted by Gasteiger charge is 2.12. The van der Waals surface area contributed by atoms with Crippen LogP contribution < -0.4 is 10.7 Å². The first kappa shape index (κ1) is 16.0. The number of amides is 1. The number of nitrogens with zero attached hydrogens (tertiary/aromatic N) is 2. The second kappa shape index (κ2) is 6.70.